The molecule has 1 heterocycles. The van der Waals surface area contributed by atoms with Gasteiger partial charge in [-0.3, -0.25) is 0 Å². The van der Waals surface area contributed by atoms with Crippen LogP contribution in [0.1, 0.15) is 0 Å². The number of halogens is 3. The maximum absolute atomic E-state index is 13.6. The van der Waals surface area contributed by atoms with Crippen LogP contribution in [0.15, 0.2) is 47.0 Å². The smallest absolute Gasteiger partial charge is 0.177 e. The Morgan fingerprint density at radius 2 is 1.81 bits per heavy atom. The van der Waals surface area contributed by atoms with Crippen LogP contribution < -0.4 is 5.73 Å². The lowest BCUT2D eigenvalue weighted by atomic mass is 10.0. The number of rotatable bonds is 2. The molecule has 2 N–H and O–H groups in total. The summed E-state index contributed by atoms with van der Waals surface area (Å²) in [6.07, 6.45) is 0. The normalized spacial score (nSPS) is 10.8. The van der Waals surface area contributed by atoms with Crippen LogP contribution in [0.3, 0.4) is 0 Å². The molecule has 0 aliphatic heterocycles. The number of hydrogen-bond acceptors (Lipinski definition) is 3. The summed E-state index contributed by atoms with van der Waals surface area (Å²) >= 11 is 11.9. The van der Waals surface area contributed by atoms with Gasteiger partial charge in [-0.25, -0.2) is 4.39 Å². The fourth-order valence-electron chi connectivity index (χ4n) is 2.06. The van der Waals surface area contributed by atoms with Crippen molar-refractivity contribution in [3.8, 4) is 22.5 Å². The lowest BCUT2D eigenvalue weighted by Gasteiger charge is -2.05. The molecule has 0 amide bonds. The Balaban J connectivity index is 2.22. The molecule has 0 radical (unpaired) electrons. The van der Waals surface area contributed by atoms with Crippen molar-refractivity contribution in [2.45, 2.75) is 0 Å². The highest BCUT2D eigenvalue weighted by Gasteiger charge is 2.20. The minimum atomic E-state index is -0.547. The molecule has 0 bridgehead atoms. The predicted molar refractivity (Wildman–Crippen MR) is 81.8 cm³/mol. The molecule has 3 nitrogen and oxygen atoms in total. The number of nitrogens with two attached hydrogens (primary N) is 1. The molecular weight excluding hydrogens is 314 g/mol. The first-order valence-electron chi connectivity index (χ1n) is 6.03. The van der Waals surface area contributed by atoms with Crippen molar-refractivity contribution in [2.24, 2.45) is 0 Å². The fourth-order valence-corrected chi connectivity index (χ4v) is 2.41. The second-order valence-corrected chi connectivity index (χ2v) is 5.20. The van der Waals surface area contributed by atoms with Crippen LogP contribution in [0.25, 0.3) is 22.5 Å². The van der Waals surface area contributed by atoms with Crippen LogP contribution in [0, 0.1) is 5.82 Å². The molecule has 6 heteroatoms. The van der Waals surface area contributed by atoms with Crippen LogP contribution >= 0.6 is 23.2 Å². The van der Waals surface area contributed by atoms with Gasteiger partial charge in [-0.1, -0.05) is 46.6 Å². The molecule has 0 saturated carbocycles. The highest BCUT2D eigenvalue weighted by molar-refractivity contribution is 6.33. The molecule has 0 spiro atoms. The van der Waals surface area contributed by atoms with E-state index in [2.05, 4.69) is 5.16 Å². The standard InChI is InChI=1S/C15H9Cl2FN2O/c16-10-4-2-1-3-9(10)13-14(21-20-15(13)19)8-5-6-11(17)12(18)7-8/h1-7H,(H2,19,20). The van der Waals surface area contributed by atoms with E-state index >= 15 is 0 Å². The van der Waals surface area contributed by atoms with Crippen LogP contribution in [0.2, 0.25) is 10.0 Å². The number of benzene rings is 2. The molecule has 21 heavy (non-hydrogen) atoms. The third-order valence-corrected chi connectivity index (χ3v) is 3.68. The lowest BCUT2D eigenvalue weighted by Crippen LogP contribution is -1.90. The average Bonchev–Trinajstić information content (AvgIpc) is 2.84. The van der Waals surface area contributed by atoms with Crippen molar-refractivity contribution in [2.75, 3.05) is 5.73 Å². The number of hydrogen-bond donors (Lipinski definition) is 1. The Bertz CT molecular complexity index is 817. The van der Waals surface area contributed by atoms with Crippen molar-refractivity contribution < 1.29 is 8.91 Å². The van der Waals surface area contributed by atoms with E-state index in [4.69, 9.17) is 33.5 Å². The van der Waals surface area contributed by atoms with Gasteiger partial charge < -0.3 is 10.3 Å². The first-order valence-corrected chi connectivity index (χ1v) is 6.79. The molecular formula is C15H9Cl2FN2O. The zero-order valence-corrected chi connectivity index (χ0v) is 12.1. The highest BCUT2D eigenvalue weighted by atomic mass is 35.5. The van der Waals surface area contributed by atoms with Crippen LogP contribution in [-0.2, 0) is 0 Å². The molecule has 0 unspecified atom stereocenters. The van der Waals surface area contributed by atoms with Gasteiger partial charge in [0, 0.05) is 16.1 Å². The summed E-state index contributed by atoms with van der Waals surface area (Å²) < 4.78 is 18.9. The second-order valence-electron chi connectivity index (χ2n) is 4.38. The molecule has 0 fully saturated rings. The number of nitrogen functional groups attached to an aromatic ring is 1. The monoisotopic (exact) mass is 322 g/mol. The highest BCUT2D eigenvalue weighted by Crippen LogP contribution is 2.40. The van der Waals surface area contributed by atoms with Gasteiger partial charge in [0.15, 0.2) is 11.6 Å². The van der Waals surface area contributed by atoms with Crippen LogP contribution in [-0.4, -0.2) is 5.16 Å². The molecule has 106 valence electrons. The first-order chi connectivity index (χ1) is 10.1. The van der Waals surface area contributed by atoms with Crippen LogP contribution in [0.4, 0.5) is 10.2 Å². The van der Waals surface area contributed by atoms with Gasteiger partial charge in [-0.2, -0.15) is 0 Å². The molecule has 2 aromatic carbocycles. The van der Waals surface area contributed by atoms with Crippen molar-refractivity contribution >= 4 is 29.0 Å². The van der Waals surface area contributed by atoms with E-state index in [0.29, 0.717) is 27.5 Å². The Morgan fingerprint density at radius 3 is 2.52 bits per heavy atom. The topological polar surface area (TPSA) is 52.0 Å². The van der Waals surface area contributed by atoms with E-state index in [0.717, 1.165) is 0 Å². The summed E-state index contributed by atoms with van der Waals surface area (Å²) in [6, 6.07) is 11.5. The average molecular weight is 323 g/mol. The largest absolute Gasteiger partial charge is 0.380 e. The summed E-state index contributed by atoms with van der Waals surface area (Å²) in [6.45, 7) is 0. The SMILES string of the molecule is Nc1noc(-c2ccc(Cl)c(F)c2)c1-c1ccccc1Cl. The first kappa shape index (κ1) is 13.9. The number of aromatic nitrogens is 1. The Hall–Kier alpha value is -2.04. The molecule has 1 aromatic heterocycles. The lowest BCUT2D eigenvalue weighted by molar-refractivity contribution is 0.436. The van der Waals surface area contributed by atoms with E-state index in [1.54, 1.807) is 24.3 Å². The van der Waals surface area contributed by atoms with E-state index in [-0.39, 0.29) is 10.8 Å². The zero-order valence-electron chi connectivity index (χ0n) is 10.6. The van der Waals surface area contributed by atoms with Gasteiger partial charge in [0.05, 0.1) is 10.6 Å². The predicted octanol–water partition coefficient (Wildman–Crippen LogP) is 5.04. The second kappa shape index (κ2) is 5.39. The molecule has 0 aliphatic carbocycles. The van der Waals surface area contributed by atoms with E-state index in [9.17, 15) is 4.39 Å². The Kier molecular flexibility index (Phi) is 3.57. The maximum atomic E-state index is 13.6. The summed E-state index contributed by atoms with van der Waals surface area (Å²) in [5.41, 5.74) is 7.55. The van der Waals surface area contributed by atoms with Gasteiger partial charge in [-0.15, -0.1) is 0 Å². The maximum Gasteiger partial charge on any atom is 0.177 e. The van der Waals surface area contributed by atoms with E-state index in [1.165, 1.54) is 12.1 Å². The van der Waals surface area contributed by atoms with Crippen molar-refractivity contribution in [3.05, 3.63) is 58.3 Å². The molecule has 0 atom stereocenters. The zero-order chi connectivity index (χ0) is 15.0. The van der Waals surface area contributed by atoms with Gasteiger partial charge in [-0.05, 0) is 24.3 Å². The molecule has 0 aliphatic rings. The Labute approximate surface area is 130 Å². The minimum Gasteiger partial charge on any atom is -0.380 e. The summed E-state index contributed by atoms with van der Waals surface area (Å²) in [7, 11) is 0. The van der Waals surface area contributed by atoms with Crippen molar-refractivity contribution in [1.29, 1.82) is 0 Å². The molecule has 3 aromatic rings. The Morgan fingerprint density at radius 1 is 1.05 bits per heavy atom. The van der Waals surface area contributed by atoms with E-state index < -0.39 is 5.82 Å². The van der Waals surface area contributed by atoms with Gasteiger partial charge in [0.1, 0.15) is 5.82 Å². The van der Waals surface area contributed by atoms with Gasteiger partial charge in [0.25, 0.3) is 0 Å². The van der Waals surface area contributed by atoms with Gasteiger partial charge >= 0.3 is 0 Å². The fraction of sp³-hybridized carbons (Fsp3) is 0. The third kappa shape index (κ3) is 2.48. The summed E-state index contributed by atoms with van der Waals surface area (Å²) in [5, 5.41) is 4.29. The quantitative estimate of drug-likeness (QED) is 0.719. The van der Waals surface area contributed by atoms with Gasteiger partial charge in [0.2, 0.25) is 0 Å². The number of anilines is 1. The molecule has 0 saturated heterocycles. The van der Waals surface area contributed by atoms with Crippen molar-refractivity contribution in [3.63, 3.8) is 0 Å². The van der Waals surface area contributed by atoms with E-state index in [1.807, 2.05) is 6.07 Å². The van der Waals surface area contributed by atoms with Crippen molar-refractivity contribution in [1.82, 2.24) is 5.16 Å². The number of nitrogens with zero attached hydrogens (tertiary/aromatic N) is 1. The summed E-state index contributed by atoms with van der Waals surface area (Å²) in [4.78, 5) is 0. The van der Waals surface area contributed by atoms with Crippen LogP contribution in [0.5, 0.6) is 0 Å². The molecule has 3 rings (SSSR count). The minimum absolute atomic E-state index is 0.0329. The third-order valence-electron chi connectivity index (χ3n) is 3.04. The summed E-state index contributed by atoms with van der Waals surface area (Å²) in [5.74, 6) is -0.0149.